The maximum Gasteiger partial charge on any atom is 0.216 e. The van der Waals surface area contributed by atoms with Crippen LogP contribution in [0.1, 0.15) is 30.8 Å². The van der Waals surface area contributed by atoms with Crippen LogP contribution in [0, 0.1) is 0 Å². The largest absolute Gasteiger partial charge is 0.481 e. The summed E-state index contributed by atoms with van der Waals surface area (Å²) in [4.78, 5) is 8.13. The Hall–Kier alpha value is -1.66. The molecule has 0 saturated carbocycles. The second-order valence-corrected chi connectivity index (χ2v) is 4.47. The molecule has 6 nitrogen and oxygen atoms in total. The van der Waals surface area contributed by atoms with E-state index < -0.39 is 6.04 Å². The van der Waals surface area contributed by atoms with Crippen LogP contribution in [0.5, 0.6) is 5.88 Å². The van der Waals surface area contributed by atoms with Crippen molar-refractivity contribution in [1.29, 1.82) is 0 Å². The third kappa shape index (κ3) is 2.85. The number of rotatable bonds is 5. The minimum atomic E-state index is -0.460. The summed E-state index contributed by atoms with van der Waals surface area (Å²) in [6.45, 7) is 2.83. The molecule has 19 heavy (non-hydrogen) atoms. The van der Waals surface area contributed by atoms with E-state index in [0.717, 1.165) is 18.7 Å². The summed E-state index contributed by atoms with van der Waals surface area (Å²) < 4.78 is 6.88. The molecular formula is C12H16ClN5O. The zero-order valence-electron chi connectivity index (χ0n) is 10.9. The molecule has 0 aromatic carbocycles. The Kier molecular flexibility index (Phi) is 4.34. The van der Waals surface area contributed by atoms with Gasteiger partial charge in [-0.25, -0.2) is 9.97 Å². The van der Waals surface area contributed by atoms with Gasteiger partial charge in [0.25, 0.3) is 0 Å². The van der Waals surface area contributed by atoms with Crippen LogP contribution >= 0.6 is 11.6 Å². The number of aromatic nitrogens is 4. The van der Waals surface area contributed by atoms with Crippen molar-refractivity contribution >= 4 is 11.6 Å². The maximum absolute atomic E-state index is 6.23. The van der Waals surface area contributed by atoms with Gasteiger partial charge in [-0.3, -0.25) is 4.68 Å². The monoisotopic (exact) mass is 281 g/mol. The second kappa shape index (κ2) is 5.99. The van der Waals surface area contributed by atoms with E-state index in [1.54, 1.807) is 19.4 Å². The molecule has 2 aromatic heterocycles. The predicted octanol–water partition coefficient (Wildman–Crippen LogP) is 1.79. The summed E-state index contributed by atoms with van der Waals surface area (Å²) >= 11 is 6.16. The van der Waals surface area contributed by atoms with Crippen molar-refractivity contribution in [3.05, 3.63) is 35.0 Å². The van der Waals surface area contributed by atoms with Gasteiger partial charge in [-0.05, 0) is 6.42 Å². The molecule has 7 heteroatoms. The Morgan fingerprint density at radius 3 is 2.95 bits per heavy atom. The quantitative estimate of drug-likeness (QED) is 0.904. The minimum absolute atomic E-state index is 0.460. The third-order valence-corrected chi connectivity index (χ3v) is 3.05. The van der Waals surface area contributed by atoms with E-state index in [1.807, 2.05) is 4.68 Å². The van der Waals surface area contributed by atoms with Gasteiger partial charge in [0, 0.05) is 12.6 Å². The predicted molar refractivity (Wildman–Crippen MR) is 72.1 cm³/mol. The van der Waals surface area contributed by atoms with E-state index >= 15 is 0 Å². The summed E-state index contributed by atoms with van der Waals surface area (Å²) in [6, 6.07) is 1.24. The Bertz CT molecular complexity index is 557. The van der Waals surface area contributed by atoms with Gasteiger partial charge in [0.05, 0.1) is 35.8 Å². The molecule has 0 amide bonds. The first-order chi connectivity index (χ1) is 9.17. The summed E-state index contributed by atoms with van der Waals surface area (Å²) in [5, 5.41) is 4.77. The summed E-state index contributed by atoms with van der Waals surface area (Å²) in [5.41, 5.74) is 7.62. The van der Waals surface area contributed by atoms with Crippen LogP contribution in [0.2, 0.25) is 5.02 Å². The molecule has 2 N–H and O–H groups in total. The summed E-state index contributed by atoms with van der Waals surface area (Å²) in [5.74, 6) is 0.470. The van der Waals surface area contributed by atoms with E-state index in [-0.39, 0.29) is 0 Å². The lowest BCUT2D eigenvalue weighted by molar-refractivity contribution is 0.395. The van der Waals surface area contributed by atoms with Gasteiger partial charge in [0.15, 0.2) is 0 Å². The van der Waals surface area contributed by atoms with Crippen molar-refractivity contribution in [2.24, 2.45) is 5.73 Å². The molecule has 0 aliphatic rings. The van der Waals surface area contributed by atoms with E-state index in [0.29, 0.717) is 16.6 Å². The number of ether oxygens (including phenoxy) is 1. The van der Waals surface area contributed by atoms with E-state index in [4.69, 9.17) is 22.1 Å². The van der Waals surface area contributed by atoms with Gasteiger partial charge in [-0.15, -0.1) is 0 Å². The SMILES string of the molecule is CCCn1ncc(Cl)c1C(N)c1cc(OC)ncn1. The van der Waals surface area contributed by atoms with Gasteiger partial charge in [0.1, 0.15) is 6.33 Å². The highest BCUT2D eigenvalue weighted by atomic mass is 35.5. The van der Waals surface area contributed by atoms with E-state index in [1.165, 1.54) is 6.33 Å². The molecule has 2 heterocycles. The van der Waals surface area contributed by atoms with Crippen molar-refractivity contribution in [1.82, 2.24) is 19.7 Å². The number of methoxy groups -OCH3 is 1. The highest BCUT2D eigenvalue weighted by Gasteiger charge is 2.20. The fourth-order valence-electron chi connectivity index (χ4n) is 1.85. The highest BCUT2D eigenvalue weighted by Crippen LogP contribution is 2.26. The van der Waals surface area contributed by atoms with Gasteiger partial charge in [-0.2, -0.15) is 5.10 Å². The number of hydrogen-bond acceptors (Lipinski definition) is 5. The van der Waals surface area contributed by atoms with Crippen molar-refractivity contribution < 1.29 is 4.74 Å². The fraction of sp³-hybridized carbons (Fsp3) is 0.417. The van der Waals surface area contributed by atoms with Gasteiger partial charge >= 0.3 is 0 Å². The fourth-order valence-corrected chi connectivity index (χ4v) is 2.11. The normalized spacial score (nSPS) is 12.4. The number of nitrogens with zero attached hydrogens (tertiary/aromatic N) is 4. The van der Waals surface area contributed by atoms with Crippen LogP contribution in [0.3, 0.4) is 0 Å². The van der Waals surface area contributed by atoms with Crippen LogP contribution in [-0.2, 0) is 6.54 Å². The average Bonchev–Trinajstić information content (AvgIpc) is 2.79. The Balaban J connectivity index is 2.37. The van der Waals surface area contributed by atoms with Gasteiger partial charge < -0.3 is 10.5 Å². The van der Waals surface area contributed by atoms with Crippen molar-refractivity contribution in [2.45, 2.75) is 25.9 Å². The number of halogens is 1. The van der Waals surface area contributed by atoms with E-state index in [9.17, 15) is 0 Å². The zero-order chi connectivity index (χ0) is 13.8. The molecule has 1 atom stereocenters. The first kappa shape index (κ1) is 13.8. The Morgan fingerprint density at radius 2 is 2.26 bits per heavy atom. The zero-order valence-corrected chi connectivity index (χ0v) is 11.6. The maximum atomic E-state index is 6.23. The molecule has 0 saturated heterocycles. The molecular weight excluding hydrogens is 266 g/mol. The molecule has 0 aliphatic heterocycles. The Morgan fingerprint density at radius 1 is 1.47 bits per heavy atom. The molecule has 102 valence electrons. The molecule has 0 bridgehead atoms. The molecule has 2 aromatic rings. The topological polar surface area (TPSA) is 78.9 Å². The lowest BCUT2D eigenvalue weighted by Crippen LogP contribution is -2.19. The number of hydrogen-bond donors (Lipinski definition) is 1. The smallest absolute Gasteiger partial charge is 0.216 e. The van der Waals surface area contributed by atoms with Crippen LogP contribution in [-0.4, -0.2) is 26.9 Å². The van der Waals surface area contributed by atoms with Crippen LogP contribution in [0.25, 0.3) is 0 Å². The summed E-state index contributed by atoms with van der Waals surface area (Å²) in [6.07, 6.45) is 3.97. The highest BCUT2D eigenvalue weighted by molar-refractivity contribution is 6.31. The Labute approximate surface area is 116 Å². The van der Waals surface area contributed by atoms with Crippen molar-refractivity contribution in [2.75, 3.05) is 7.11 Å². The van der Waals surface area contributed by atoms with Crippen molar-refractivity contribution in [3.8, 4) is 5.88 Å². The molecule has 2 rings (SSSR count). The van der Waals surface area contributed by atoms with Crippen molar-refractivity contribution in [3.63, 3.8) is 0 Å². The molecule has 0 aliphatic carbocycles. The van der Waals surface area contributed by atoms with E-state index in [2.05, 4.69) is 22.0 Å². The number of nitrogens with two attached hydrogens (primary N) is 1. The third-order valence-electron chi connectivity index (χ3n) is 2.75. The van der Waals surface area contributed by atoms with Gasteiger partial charge in [-0.1, -0.05) is 18.5 Å². The minimum Gasteiger partial charge on any atom is -0.481 e. The first-order valence-corrected chi connectivity index (χ1v) is 6.37. The molecule has 1 unspecified atom stereocenters. The van der Waals surface area contributed by atoms with Gasteiger partial charge in [0.2, 0.25) is 5.88 Å². The van der Waals surface area contributed by atoms with Crippen LogP contribution < -0.4 is 10.5 Å². The molecule has 0 radical (unpaired) electrons. The standard InChI is InChI=1S/C12H16ClN5O/c1-3-4-18-12(8(13)6-17-18)11(14)9-5-10(19-2)16-7-15-9/h5-7,11H,3-4,14H2,1-2H3. The second-order valence-electron chi connectivity index (χ2n) is 4.06. The first-order valence-electron chi connectivity index (χ1n) is 6.00. The molecule has 0 spiro atoms. The lowest BCUT2D eigenvalue weighted by atomic mass is 10.1. The molecule has 0 fully saturated rings. The lowest BCUT2D eigenvalue weighted by Gasteiger charge is -2.14. The van der Waals surface area contributed by atoms with Crippen LogP contribution in [0.15, 0.2) is 18.6 Å². The van der Waals surface area contributed by atoms with Crippen LogP contribution in [0.4, 0.5) is 0 Å². The average molecular weight is 282 g/mol. The number of aryl methyl sites for hydroxylation is 1. The summed E-state index contributed by atoms with van der Waals surface area (Å²) in [7, 11) is 1.55.